The van der Waals surface area contributed by atoms with E-state index in [2.05, 4.69) is 52.5 Å². The van der Waals surface area contributed by atoms with Crippen LogP contribution in [0.25, 0.3) is 22.2 Å². The fourth-order valence-corrected chi connectivity index (χ4v) is 5.03. The summed E-state index contributed by atoms with van der Waals surface area (Å²) in [6.45, 7) is 5.73. The predicted molar refractivity (Wildman–Crippen MR) is 138 cm³/mol. The molecule has 5 rings (SSSR count). The normalized spacial score (nSPS) is 14.1. The van der Waals surface area contributed by atoms with E-state index in [0.717, 1.165) is 47.4 Å². The molecule has 0 atom stereocenters. The molecular formula is C30H30N2O2. The van der Waals surface area contributed by atoms with Crippen LogP contribution < -0.4 is 0 Å². The van der Waals surface area contributed by atoms with Gasteiger partial charge in [0.05, 0.1) is 23.3 Å². The number of piperidine rings is 1. The molecule has 0 aliphatic carbocycles. The van der Waals surface area contributed by atoms with Crippen LogP contribution in [0.1, 0.15) is 36.0 Å². The number of fused-ring (bicyclic) bond motifs is 1. The van der Waals surface area contributed by atoms with Gasteiger partial charge in [-0.15, -0.1) is 0 Å². The van der Waals surface area contributed by atoms with E-state index in [1.165, 1.54) is 24.8 Å². The first kappa shape index (κ1) is 22.1. The molecule has 0 spiro atoms. The minimum Gasteiger partial charge on any atom is -0.508 e. The molecule has 0 bridgehead atoms. The van der Waals surface area contributed by atoms with Crippen LogP contribution in [0, 0.1) is 18.8 Å². The lowest BCUT2D eigenvalue weighted by atomic mass is 10.0. The molecule has 172 valence electrons. The highest BCUT2D eigenvalue weighted by atomic mass is 16.3. The Morgan fingerprint density at radius 2 is 1.59 bits per heavy atom. The van der Waals surface area contributed by atoms with Crippen LogP contribution in [0.2, 0.25) is 0 Å². The number of rotatable bonds is 4. The van der Waals surface area contributed by atoms with Crippen molar-refractivity contribution < 1.29 is 10.2 Å². The molecule has 4 aromatic rings. The van der Waals surface area contributed by atoms with Gasteiger partial charge >= 0.3 is 0 Å². The number of hydrogen-bond donors (Lipinski definition) is 2. The highest BCUT2D eigenvalue weighted by Gasteiger charge is 2.20. The molecule has 0 unspecified atom stereocenters. The number of phenols is 2. The summed E-state index contributed by atoms with van der Waals surface area (Å²) in [4.78, 5) is 2.39. The molecule has 1 fully saturated rings. The number of nitrogens with zero attached hydrogens (tertiary/aromatic N) is 2. The monoisotopic (exact) mass is 450 g/mol. The zero-order valence-electron chi connectivity index (χ0n) is 19.6. The van der Waals surface area contributed by atoms with E-state index in [4.69, 9.17) is 0 Å². The Morgan fingerprint density at radius 1 is 0.853 bits per heavy atom. The lowest BCUT2D eigenvalue weighted by Crippen LogP contribution is -2.29. The van der Waals surface area contributed by atoms with Crippen molar-refractivity contribution in [1.29, 1.82) is 0 Å². The van der Waals surface area contributed by atoms with Crippen molar-refractivity contribution in [3.8, 4) is 34.6 Å². The average molecular weight is 451 g/mol. The van der Waals surface area contributed by atoms with Crippen molar-refractivity contribution in [2.45, 2.75) is 32.7 Å². The van der Waals surface area contributed by atoms with Gasteiger partial charge in [-0.25, -0.2) is 0 Å². The maximum Gasteiger partial charge on any atom is 0.131 e. The first-order valence-corrected chi connectivity index (χ1v) is 12.0. The van der Waals surface area contributed by atoms with Gasteiger partial charge in [0.1, 0.15) is 11.5 Å². The average Bonchev–Trinajstić information content (AvgIpc) is 3.13. The molecule has 4 nitrogen and oxygen atoms in total. The van der Waals surface area contributed by atoms with Gasteiger partial charge in [-0.05, 0) is 85.9 Å². The number of aromatic nitrogens is 1. The first-order chi connectivity index (χ1) is 16.6. The third-order valence-electron chi connectivity index (χ3n) is 6.74. The molecule has 1 aliphatic rings. The highest BCUT2D eigenvalue weighted by molar-refractivity contribution is 5.97. The molecule has 2 N–H and O–H groups in total. The summed E-state index contributed by atoms with van der Waals surface area (Å²) in [6.07, 6.45) is 3.78. The van der Waals surface area contributed by atoms with Crippen molar-refractivity contribution in [3.05, 3.63) is 83.4 Å². The molecule has 3 aromatic carbocycles. The summed E-state index contributed by atoms with van der Waals surface area (Å²) < 4.78 is 2.29. The molecule has 34 heavy (non-hydrogen) atoms. The Labute approximate surface area is 201 Å². The summed E-state index contributed by atoms with van der Waals surface area (Å²) in [5.74, 6) is 7.11. The van der Waals surface area contributed by atoms with Crippen LogP contribution >= 0.6 is 0 Å². The second-order valence-corrected chi connectivity index (χ2v) is 9.08. The lowest BCUT2D eigenvalue weighted by Gasteiger charge is -2.23. The van der Waals surface area contributed by atoms with Crippen molar-refractivity contribution in [3.63, 3.8) is 0 Å². The van der Waals surface area contributed by atoms with Crippen LogP contribution in [0.3, 0.4) is 0 Å². The summed E-state index contributed by atoms with van der Waals surface area (Å²) in [5, 5.41) is 21.6. The molecule has 4 heteroatoms. The van der Waals surface area contributed by atoms with E-state index in [1.807, 2.05) is 24.3 Å². The minimum absolute atomic E-state index is 0.218. The first-order valence-electron chi connectivity index (χ1n) is 12.0. The maximum atomic E-state index is 10.8. The topological polar surface area (TPSA) is 48.6 Å². The van der Waals surface area contributed by atoms with Crippen molar-refractivity contribution in [1.82, 2.24) is 9.47 Å². The van der Waals surface area contributed by atoms with Gasteiger partial charge in [0.25, 0.3) is 0 Å². The molecular weight excluding hydrogens is 420 g/mol. The van der Waals surface area contributed by atoms with Crippen LogP contribution in [0.4, 0.5) is 0 Å². The number of phenolic OH excluding ortho intramolecular Hbond substituents is 2. The molecule has 0 saturated carbocycles. The summed E-state index contributed by atoms with van der Waals surface area (Å²) in [6, 6.07) is 21.5. The zero-order valence-corrected chi connectivity index (χ0v) is 19.6. The Bertz CT molecular complexity index is 1350. The van der Waals surface area contributed by atoms with E-state index >= 15 is 0 Å². The van der Waals surface area contributed by atoms with Crippen LogP contribution in [-0.4, -0.2) is 39.3 Å². The van der Waals surface area contributed by atoms with Crippen LogP contribution in [0.15, 0.2) is 66.7 Å². The van der Waals surface area contributed by atoms with Gasteiger partial charge in [0.15, 0.2) is 0 Å². The fourth-order valence-electron chi connectivity index (χ4n) is 5.03. The lowest BCUT2D eigenvalue weighted by molar-refractivity contribution is 0.255. The van der Waals surface area contributed by atoms with Crippen molar-refractivity contribution in [2.75, 3.05) is 19.6 Å². The van der Waals surface area contributed by atoms with Gasteiger partial charge in [-0.3, -0.25) is 4.90 Å². The van der Waals surface area contributed by atoms with E-state index in [1.54, 1.807) is 18.2 Å². The molecule has 1 saturated heterocycles. The molecule has 1 aromatic heterocycles. The zero-order chi connectivity index (χ0) is 23.5. The Morgan fingerprint density at radius 3 is 2.32 bits per heavy atom. The third-order valence-corrected chi connectivity index (χ3v) is 6.74. The molecule has 2 heterocycles. The van der Waals surface area contributed by atoms with Crippen LogP contribution in [0.5, 0.6) is 11.5 Å². The highest BCUT2D eigenvalue weighted by Crippen LogP contribution is 2.38. The standard InChI is InChI=1S/C30H30N2O2/c1-22-29-26(11-8-20-31-18-6-3-7-19-31)28(34)17-16-27(29)32(21-23-9-4-2-5-10-23)30(22)24-12-14-25(33)15-13-24/h2,4-5,9-10,12-17,33-34H,3,6-7,18-21H2,1H3. The number of benzene rings is 3. The third kappa shape index (κ3) is 4.40. The number of aromatic hydroxyl groups is 2. The maximum absolute atomic E-state index is 10.8. The van der Waals surface area contributed by atoms with E-state index in [-0.39, 0.29) is 11.5 Å². The second kappa shape index (κ2) is 9.67. The number of hydrogen-bond acceptors (Lipinski definition) is 3. The number of likely N-dealkylation sites (tertiary alicyclic amines) is 1. The van der Waals surface area contributed by atoms with E-state index in [0.29, 0.717) is 12.1 Å². The Balaban J connectivity index is 1.65. The van der Waals surface area contributed by atoms with E-state index < -0.39 is 0 Å². The smallest absolute Gasteiger partial charge is 0.131 e. The van der Waals surface area contributed by atoms with Gasteiger partial charge in [-0.1, -0.05) is 48.6 Å². The Kier molecular flexibility index (Phi) is 6.29. The molecule has 1 aliphatic heterocycles. The van der Waals surface area contributed by atoms with E-state index in [9.17, 15) is 10.2 Å². The minimum atomic E-state index is 0.218. The van der Waals surface area contributed by atoms with Gasteiger partial charge in [-0.2, -0.15) is 0 Å². The SMILES string of the molecule is Cc1c(-c2ccc(O)cc2)n(Cc2ccccc2)c2ccc(O)c(C#CCN3CCCCC3)c12. The summed E-state index contributed by atoms with van der Waals surface area (Å²) in [7, 11) is 0. The summed E-state index contributed by atoms with van der Waals surface area (Å²) >= 11 is 0. The predicted octanol–water partition coefficient (Wildman–Crippen LogP) is 5.91. The van der Waals surface area contributed by atoms with Gasteiger partial charge in [0.2, 0.25) is 0 Å². The largest absolute Gasteiger partial charge is 0.508 e. The number of aryl methyl sites for hydroxylation is 1. The van der Waals surface area contributed by atoms with Crippen LogP contribution in [-0.2, 0) is 6.54 Å². The molecule has 0 amide bonds. The van der Waals surface area contributed by atoms with Gasteiger partial charge in [0, 0.05) is 11.9 Å². The summed E-state index contributed by atoms with van der Waals surface area (Å²) in [5.41, 5.74) is 6.11. The van der Waals surface area contributed by atoms with Gasteiger partial charge < -0.3 is 14.8 Å². The molecule has 0 radical (unpaired) electrons. The second-order valence-electron chi connectivity index (χ2n) is 9.08. The van der Waals surface area contributed by atoms with Crippen molar-refractivity contribution in [2.24, 2.45) is 0 Å². The quantitative estimate of drug-likeness (QED) is 0.380. The Hall–Kier alpha value is -3.68. The fraction of sp³-hybridized carbons (Fsp3) is 0.267. The van der Waals surface area contributed by atoms with Crippen molar-refractivity contribution >= 4 is 10.9 Å².